The van der Waals surface area contributed by atoms with Crippen molar-refractivity contribution in [3.8, 4) is 17.2 Å². The van der Waals surface area contributed by atoms with Crippen LogP contribution in [0.25, 0.3) is 10.8 Å². The fraction of sp³-hybridized carbons (Fsp3) is 0.314. The van der Waals surface area contributed by atoms with Gasteiger partial charge in [0.1, 0.15) is 29.0 Å². The van der Waals surface area contributed by atoms with Gasteiger partial charge in [0.2, 0.25) is 5.89 Å². The minimum Gasteiger partial charge on any atom is -0.493 e. The Labute approximate surface area is 251 Å². The van der Waals surface area contributed by atoms with Crippen LogP contribution < -0.4 is 14.8 Å². The molecular formula is C35H36N4O4. The van der Waals surface area contributed by atoms with Gasteiger partial charge in [-0.3, -0.25) is 9.78 Å². The van der Waals surface area contributed by atoms with Crippen LogP contribution in [-0.2, 0) is 11.8 Å². The van der Waals surface area contributed by atoms with Gasteiger partial charge in [0.15, 0.2) is 5.82 Å². The first kappa shape index (κ1) is 28.4. The molecule has 1 aliphatic rings. The maximum atomic E-state index is 13.5. The Kier molecular flexibility index (Phi) is 7.84. The molecule has 8 heteroatoms. The quantitative estimate of drug-likeness (QED) is 0.184. The molecule has 2 aromatic heterocycles. The Bertz CT molecular complexity index is 1720. The summed E-state index contributed by atoms with van der Waals surface area (Å²) in [6.45, 7) is 9.06. The summed E-state index contributed by atoms with van der Waals surface area (Å²) in [6, 6.07) is 23.0. The molecule has 1 aliphatic carbocycles. The number of hydrogen-bond donors (Lipinski definition) is 1. The van der Waals surface area contributed by atoms with Gasteiger partial charge in [-0.1, -0.05) is 50.2 Å². The van der Waals surface area contributed by atoms with Crippen molar-refractivity contribution in [1.82, 2.24) is 20.4 Å². The maximum absolute atomic E-state index is 13.5. The molecule has 1 fully saturated rings. The highest BCUT2D eigenvalue weighted by molar-refractivity contribution is 5.96. The monoisotopic (exact) mass is 576 g/mol. The van der Waals surface area contributed by atoms with E-state index in [-0.39, 0.29) is 17.0 Å². The van der Waals surface area contributed by atoms with Crippen molar-refractivity contribution in [3.05, 3.63) is 108 Å². The SMILES string of the molecule is Cc1noc([C@H](Cc2ccc(OCC3CC3)cc2)NC(=O)c2cc3cc(Oc4ccc(C(C)(C)C)cc4)ccc3cn2)n1. The van der Waals surface area contributed by atoms with Crippen LogP contribution in [0.4, 0.5) is 0 Å². The molecular weight excluding hydrogens is 540 g/mol. The van der Waals surface area contributed by atoms with Gasteiger partial charge in [0.05, 0.1) is 6.61 Å². The van der Waals surface area contributed by atoms with E-state index >= 15 is 0 Å². The van der Waals surface area contributed by atoms with E-state index in [0.717, 1.165) is 34.4 Å². The lowest BCUT2D eigenvalue weighted by molar-refractivity contribution is 0.0923. The summed E-state index contributed by atoms with van der Waals surface area (Å²) in [5, 5.41) is 8.73. The number of aryl methyl sites for hydroxylation is 1. The molecule has 1 atom stereocenters. The number of rotatable bonds is 10. The molecule has 6 rings (SSSR count). The van der Waals surface area contributed by atoms with Gasteiger partial charge in [0, 0.05) is 18.0 Å². The number of aromatic nitrogens is 3. The van der Waals surface area contributed by atoms with Crippen molar-refractivity contribution in [2.24, 2.45) is 5.92 Å². The third kappa shape index (κ3) is 7.20. The molecule has 0 saturated heterocycles. The molecule has 2 heterocycles. The number of hydrogen-bond acceptors (Lipinski definition) is 7. The normalized spacial score (nSPS) is 14.0. The van der Waals surface area contributed by atoms with Gasteiger partial charge in [0.25, 0.3) is 5.91 Å². The van der Waals surface area contributed by atoms with Crippen molar-refractivity contribution >= 4 is 16.7 Å². The summed E-state index contributed by atoms with van der Waals surface area (Å²) in [5.41, 5.74) is 2.60. The predicted octanol–water partition coefficient (Wildman–Crippen LogP) is 7.52. The molecule has 0 spiro atoms. The van der Waals surface area contributed by atoms with Crippen LogP contribution in [-0.4, -0.2) is 27.6 Å². The van der Waals surface area contributed by atoms with Crippen LogP contribution in [0.1, 0.15) is 73.0 Å². The Hall–Kier alpha value is -4.72. The highest BCUT2D eigenvalue weighted by Crippen LogP contribution is 2.31. The summed E-state index contributed by atoms with van der Waals surface area (Å²) < 4.78 is 17.5. The zero-order chi connectivity index (χ0) is 30.0. The first-order valence-electron chi connectivity index (χ1n) is 14.7. The fourth-order valence-electron chi connectivity index (χ4n) is 4.81. The maximum Gasteiger partial charge on any atom is 0.270 e. The van der Waals surface area contributed by atoms with Crippen molar-refractivity contribution in [3.63, 3.8) is 0 Å². The lowest BCUT2D eigenvalue weighted by Crippen LogP contribution is -2.31. The smallest absolute Gasteiger partial charge is 0.270 e. The summed E-state index contributed by atoms with van der Waals surface area (Å²) in [4.78, 5) is 22.3. The zero-order valence-corrected chi connectivity index (χ0v) is 25.0. The average molecular weight is 577 g/mol. The van der Waals surface area contributed by atoms with E-state index in [2.05, 4.69) is 53.3 Å². The molecule has 0 aliphatic heterocycles. The predicted molar refractivity (Wildman–Crippen MR) is 165 cm³/mol. The van der Waals surface area contributed by atoms with Crippen LogP contribution in [0.15, 0.2) is 83.5 Å². The molecule has 5 aromatic rings. The number of fused-ring (bicyclic) bond motifs is 1. The molecule has 3 aromatic carbocycles. The Morgan fingerprint density at radius 2 is 1.67 bits per heavy atom. The van der Waals surface area contributed by atoms with Crippen LogP contribution >= 0.6 is 0 Å². The number of carbonyl (C=O) groups is 1. The summed E-state index contributed by atoms with van der Waals surface area (Å²) in [6.07, 6.45) is 4.65. The minimum atomic E-state index is -0.532. The minimum absolute atomic E-state index is 0.0709. The fourth-order valence-corrected chi connectivity index (χ4v) is 4.81. The zero-order valence-electron chi connectivity index (χ0n) is 25.0. The first-order chi connectivity index (χ1) is 20.7. The summed E-state index contributed by atoms with van der Waals surface area (Å²) in [5.74, 6) is 3.47. The van der Waals surface area contributed by atoms with Gasteiger partial charge in [-0.25, -0.2) is 0 Å². The van der Waals surface area contributed by atoms with E-state index in [4.69, 9.17) is 14.0 Å². The Morgan fingerprint density at radius 3 is 2.35 bits per heavy atom. The highest BCUT2D eigenvalue weighted by Gasteiger charge is 2.24. The molecule has 1 amide bonds. The lowest BCUT2D eigenvalue weighted by Gasteiger charge is -2.19. The van der Waals surface area contributed by atoms with Gasteiger partial charge >= 0.3 is 0 Å². The van der Waals surface area contributed by atoms with Crippen LogP contribution in [0.5, 0.6) is 17.2 Å². The Balaban J connectivity index is 1.17. The molecule has 43 heavy (non-hydrogen) atoms. The molecule has 220 valence electrons. The van der Waals surface area contributed by atoms with Crippen molar-refractivity contribution in [2.45, 2.75) is 58.4 Å². The van der Waals surface area contributed by atoms with E-state index in [9.17, 15) is 4.79 Å². The standard InChI is InChI=1S/C35H36N4O4/c1-22-37-34(43-39-22)32(17-23-7-12-28(13-8-23)41-21-24-5-6-24)38-33(40)31-19-26-18-30(14-9-25(26)20-36-31)42-29-15-10-27(11-16-29)35(2,3)4/h7-16,18-20,24,32H,5-6,17,21H2,1-4H3,(H,38,40)/t32-/m0/s1. The average Bonchev–Trinajstić information content (AvgIpc) is 3.73. The van der Waals surface area contributed by atoms with Gasteiger partial charge in [-0.2, -0.15) is 4.98 Å². The van der Waals surface area contributed by atoms with E-state index < -0.39 is 6.04 Å². The third-order valence-electron chi connectivity index (χ3n) is 7.57. The van der Waals surface area contributed by atoms with Crippen molar-refractivity contribution in [2.75, 3.05) is 6.61 Å². The van der Waals surface area contributed by atoms with Crippen LogP contribution in [0.2, 0.25) is 0 Å². The van der Waals surface area contributed by atoms with Crippen molar-refractivity contribution < 1.29 is 18.8 Å². The number of nitrogens with one attached hydrogen (secondary N) is 1. The number of amides is 1. The highest BCUT2D eigenvalue weighted by atomic mass is 16.5. The molecule has 1 N–H and O–H groups in total. The topological polar surface area (TPSA) is 99.4 Å². The lowest BCUT2D eigenvalue weighted by atomic mass is 9.87. The van der Waals surface area contributed by atoms with E-state index in [1.54, 1.807) is 19.2 Å². The number of ether oxygens (including phenoxy) is 2. The number of benzene rings is 3. The molecule has 8 nitrogen and oxygen atoms in total. The van der Waals surface area contributed by atoms with Gasteiger partial charge in [-0.05, 0) is 96.1 Å². The molecule has 0 bridgehead atoms. The molecule has 0 unspecified atom stereocenters. The summed E-state index contributed by atoms with van der Waals surface area (Å²) in [7, 11) is 0. The van der Waals surface area contributed by atoms with E-state index in [0.29, 0.717) is 29.8 Å². The Morgan fingerprint density at radius 1 is 0.953 bits per heavy atom. The van der Waals surface area contributed by atoms with E-state index in [1.807, 2.05) is 54.6 Å². The number of pyridine rings is 1. The second-order valence-corrected chi connectivity index (χ2v) is 12.3. The molecule has 1 saturated carbocycles. The second kappa shape index (κ2) is 11.9. The van der Waals surface area contributed by atoms with Crippen LogP contribution in [0, 0.1) is 12.8 Å². The van der Waals surface area contributed by atoms with E-state index in [1.165, 1.54) is 18.4 Å². The largest absolute Gasteiger partial charge is 0.493 e. The van der Waals surface area contributed by atoms with Gasteiger partial charge in [-0.15, -0.1) is 0 Å². The number of nitrogens with zero attached hydrogens (tertiary/aromatic N) is 3. The second-order valence-electron chi connectivity index (χ2n) is 12.3. The van der Waals surface area contributed by atoms with Crippen molar-refractivity contribution in [1.29, 1.82) is 0 Å². The van der Waals surface area contributed by atoms with Crippen LogP contribution in [0.3, 0.4) is 0 Å². The van der Waals surface area contributed by atoms with Gasteiger partial charge < -0.3 is 19.3 Å². The summed E-state index contributed by atoms with van der Waals surface area (Å²) >= 11 is 0. The molecule has 0 radical (unpaired) electrons. The first-order valence-corrected chi connectivity index (χ1v) is 14.7. The third-order valence-corrected chi connectivity index (χ3v) is 7.57. The number of carbonyl (C=O) groups excluding carboxylic acids is 1.